The van der Waals surface area contributed by atoms with E-state index in [2.05, 4.69) is 30.0 Å². The summed E-state index contributed by atoms with van der Waals surface area (Å²) in [5.74, 6) is 0. The van der Waals surface area contributed by atoms with Crippen LogP contribution in [0, 0.1) is 6.92 Å². The summed E-state index contributed by atoms with van der Waals surface area (Å²) in [6, 6.07) is 8.31. The van der Waals surface area contributed by atoms with Gasteiger partial charge in [-0.15, -0.1) is 0 Å². The van der Waals surface area contributed by atoms with Crippen LogP contribution in [0.3, 0.4) is 0 Å². The van der Waals surface area contributed by atoms with Crippen molar-refractivity contribution in [2.45, 2.75) is 6.92 Å². The summed E-state index contributed by atoms with van der Waals surface area (Å²) >= 11 is 0. The molecule has 1 heterocycles. The van der Waals surface area contributed by atoms with Crippen molar-refractivity contribution in [3.05, 3.63) is 29.8 Å². The maximum absolute atomic E-state index is 11.4. The van der Waals surface area contributed by atoms with Gasteiger partial charge in [0.05, 0.1) is 6.26 Å². The molecular formula is C12H18N2O2S. The summed E-state index contributed by atoms with van der Waals surface area (Å²) in [6.07, 6.45) is 1.27. The highest BCUT2D eigenvalue weighted by Crippen LogP contribution is 2.18. The third-order valence-corrected chi connectivity index (χ3v) is 4.38. The molecule has 1 aliphatic heterocycles. The van der Waals surface area contributed by atoms with Gasteiger partial charge in [-0.05, 0) is 24.6 Å². The zero-order valence-electron chi connectivity index (χ0n) is 10.3. The predicted octanol–water partition coefficient (Wildman–Crippen LogP) is 1.08. The molecule has 0 saturated carbocycles. The van der Waals surface area contributed by atoms with Crippen LogP contribution in [0.1, 0.15) is 5.56 Å². The molecule has 17 heavy (non-hydrogen) atoms. The Kier molecular flexibility index (Phi) is 3.40. The maximum atomic E-state index is 11.4. The topological polar surface area (TPSA) is 40.6 Å². The number of hydrogen-bond acceptors (Lipinski definition) is 3. The van der Waals surface area contributed by atoms with Gasteiger partial charge in [-0.3, -0.25) is 0 Å². The number of nitrogens with zero attached hydrogens (tertiary/aromatic N) is 2. The first-order valence-electron chi connectivity index (χ1n) is 5.73. The van der Waals surface area contributed by atoms with Crippen molar-refractivity contribution in [2.24, 2.45) is 0 Å². The fourth-order valence-corrected chi connectivity index (χ4v) is 2.93. The summed E-state index contributed by atoms with van der Waals surface area (Å²) in [5, 5.41) is 0. The van der Waals surface area contributed by atoms with Crippen molar-refractivity contribution in [1.82, 2.24) is 4.31 Å². The summed E-state index contributed by atoms with van der Waals surface area (Å²) in [6.45, 7) is 4.74. The van der Waals surface area contributed by atoms with Gasteiger partial charge in [0.15, 0.2) is 0 Å². The van der Waals surface area contributed by atoms with E-state index < -0.39 is 10.0 Å². The predicted molar refractivity (Wildman–Crippen MR) is 69.8 cm³/mol. The molecule has 0 radical (unpaired) electrons. The highest BCUT2D eigenvalue weighted by Gasteiger charge is 2.23. The third kappa shape index (κ3) is 2.98. The Morgan fingerprint density at radius 1 is 1.12 bits per heavy atom. The minimum absolute atomic E-state index is 0.576. The largest absolute Gasteiger partial charge is 0.369 e. The van der Waals surface area contributed by atoms with Crippen molar-refractivity contribution in [1.29, 1.82) is 0 Å². The minimum Gasteiger partial charge on any atom is -0.369 e. The monoisotopic (exact) mass is 254 g/mol. The lowest BCUT2D eigenvalue weighted by atomic mass is 10.2. The van der Waals surface area contributed by atoms with E-state index in [1.165, 1.54) is 17.5 Å². The Morgan fingerprint density at radius 2 is 1.76 bits per heavy atom. The Hall–Kier alpha value is -1.07. The number of rotatable bonds is 2. The Morgan fingerprint density at radius 3 is 2.29 bits per heavy atom. The van der Waals surface area contributed by atoms with Gasteiger partial charge < -0.3 is 4.90 Å². The Balaban J connectivity index is 2.05. The van der Waals surface area contributed by atoms with Crippen LogP contribution < -0.4 is 4.90 Å². The lowest BCUT2D eigenvalue weighted by Gasteiger charge is -2.34. The van der Waals surface area contributed by atoms with Crippen LogP contribution in [-0.2, 0) is 10.0 Å². The first-order chi connectivity index (χ1) is 7.97. The molecule has 0 atom stereocenters. The second kappa shape index (κ2) is 4.66. The van der Waals surface area contributed by atoms with Crippen molar-refractivity contribution in [2.75, 3.05) is 37.3 Å². The van der Waals surface area contributed by atoms with Gasteiger partial charge in [0, 0.05) is 31.9 Å². The van der Waals surface area contributed by atoms with E-state index in [-0.39, 0.29) is 0 Å². The molecule has 1 aromatic carbocycles. The molecule has 0 aromatic heterocycles. The van der Waals surface area contributed by atoms with Gasteiger partial charge in [0.25, 0.3) is 0 Å². The van der Waals surface area contributed by atoms with E-state index in [0.29, 0.717) is 13.1 Å². The molecule has 1 aliphatic rings. The van der Waals surface area contributed by atoms with Gasteiger partial charge in [-0.2, -0.15) is 4.31 Å². The number of piperazine rings is 1. The SMILES string of the molecule is Cc1cccc(N2CCN(S(C)(=O)=O)CC2)c1. The molecular weight excluding hydrogens is 236 g/mol. The number of hydrogen-bond donors (Lipinski definition) is 0. The summed E-state index contributed by atoms with van der Waals surface area (Å²) < 4.78 is 24.3. The molecule has 5 heteroatoms. The van der Waals surface area contributed by atoms with Crippen molar-refractivity contribution >= 4 is 15.7 Å². The molecule has 0 bridgehead atoms. The Bertz CT molecular complexity index is 491. The zero-order chi connectivity index (χ0) is 12.5. The average molecular weight is 254 g/mol. The summed E-state index contributed by atoms with van der Waals surface area (Å²) in [5.41, 5.74) is 2.41. The second-order valence-corrected chi connectivity index (χ2v) is 6.47. The van der Waals surface area contributed by atoms with Crippen LogP contribution in [0.15, 0.2) is 24.3 Å². The number of aryl methyl sites for hydroxylation is 1. The Labute approximate surface area is 103 Å². The first kappa shape index (κ1) is 12.4. The second-order valence-electron chi connectivity index (χ2n) is 4.49. The molecule has 2 rings (SSSR count). The highest BCUT2D eigenvalue weighted by atomic mass is 32.2. The van der Waals surface area contributed by atoms with E-state index in [1.54, 1.807) is 4.31 Å². The number of anilines is 1. The molecule has 0 unspecified atom stereocenters. The molecule has 4 nitrogen and oxygen atoms in total. The average Bonchev–Trinajstić information content (AvgIpc) is 2.28. The first-order valence-corrected chi connectivity index (χ1v) is 7.58. The number of benzene rings is 1. The molecule has 0 spiro atoms. The molecule has 0 aliphatic carbocycles. The van der Waals surface area contributed by atoms with Gasteiger partial charge in [-0.25, -0.2) is 8.42 Å². The smallest absolute Gasteiger partial charge is 0.211 e. The van der Waals surface area contributed by atoms with Crippen LogP contribution in [0.5, 0.6) is 0 Å². The zero-order valence-corrected chi connectivity index (χ0v) is 11.1. The lowest BCUT2D eigenvalue weighted by Crippen LogP contribution is -2.48. The minimum atomic E-state index is -3.03. The summed E-state index contributed by atoms with van der Waals surface area (Å²) in [4.78, 5) is 2.23. The maximum Gasteiger partial charge on any atom is 0.211 e. The van der Waals surface area contributed by atoms with Crippen LogP contribution in [0.4, 0.5) is 5.69 Å². The molecule has 1 aromatic rings. The van der Waals surface area contributed by atoms with Crippen LogP contribution in [-0.4, -0.2) is 45.2 Å². The van der Waals surface area contributed by atoms with E-state index in [4.69, 9.17) is 0 Å². The van der Waals surface area contributed by atoms with Gasteiger partial charge in [0.1, 0.15) is 0 Å². The van der Waals surface area contributed by atoms with Crippen LogP contribution >= 0.6 is 0 Å². The highest BCUT2D eigenvalue weighted by molar-refractivity contribution is 7.88. The van der Waals surface area contributed by atoms with E-state index >= 15 is 0 Å². The number of sulfonamides is 1. The van der Waals surface area contributed by atoms with Crippen molar-refractivity contribution < 1.29 is 8.42 Å². The summed E-state index contributed by atoms with van der Waals surface area (Å²) in [7, 11) is -3.03. The van der Waals surface area contributed by atoms with Crippen LogP contribution in [0.25, 0.3) is 0 Å². The van der Waals surface area contributed by atoms with Gasteiger partial charge in [-0.1, -0.05) is 12.1 Å². The standard InChI is InChI=1S/C12H18N2O2S/c1-11-4-3-5-12(10-11)13-6-8-14(9-7-13)17(2,15)16/h3-5,10H,6-9H2,1-2H3. The molecule has 1 fully saturated rings. The lowest BCUT2D eigenvalue weighted by molar-refractivity contribution is 0.388. The van der Waals surface area contributed by atoms with Crippen LogP contribution in [0.2, 0.25) is 0 Å². The van der Waals surface area contributed by atoms with Gasteiger partial charge in [0.2, 0.25) is 10.0 Å². The molecule has 94 valence electrons. The molecule has 0 amide bonds. The third-order valence-electron chi connectivity index (χ3n) is 3.07. The normalized spacial score (nSPS) is 18.4. The van der Waals surface area contributed by atoms with Gasteiger partial charge >= 0.3 is 0 Å². The fourth-order valence-electron chi connectivity index (χ4n) is 2.10. The van der Waals surface area contributed by atoms with Crippen molar-refractivity contribution in [3.63, 3.8) is 0 Å². The van der Waals surface area contributed by atoms with E-state index in [1.807, 2.05) is 6.07 Å². The fraction of sp³-hybridized carbons (Fsp3) is 0.500. The van der Waals surface area contributed by atoms with E-state index in [0.717, 1.165) is 13.1 Å². The molecule has 0 N–H and O–H groups in total. The van der Waals surface area contributed by atoms with E-state index in [9.17, 15) is 8.42 Å². The van der Waals surface area contributed by atoms with Crippen molar-refractivity contribution in [3.8, 4) is 0 Å². The molecule has 1 saturated heterocycles. The quantitative estimate of drug-likeness (QED) is 0.793.